The van der Waals surface area contributed by atoms with E-state index in [9.17, 15) is 8.42 Å². The van der Waals surface area contributed by atoms with Crippen LogP contribution in [0.3, 0.4) is 0 Å². The molecular weight excluding hydrogens is 298 g/mol. The van der Waals surface area contributed by atoms with Crippen LogP contribution in [-0.2, 0) is 10.0 Å². The lowest BCUT2D eigenvalue weighted by Crippen LogP contribution is -2.52. The predicted octanol–water partition coefficient (Wildman–Crippen LogP) is 1.60. The Morgan fingerprint density at radius 2 is 2.10 bits per heavy atom. The van der Waals surface area contributed by atoms with Crippen LogP contribution in [-0.4, -0.2) is 49.6 Å². The maximum absolute atomic E-state index is 12.0. The summed E-state index contributed by atoms with van der Waals surface area (Å²) in [5, 5.41) is 0.502. The van der Waals surface area contributed by atoms with Crippen molar-refractivity contribution in [3.05, 3.63) is 23.4 Å². The fourth-order valence-corrected chi connectivity index (χ4v) is 4.29. The third kappa shape index (κ3) is 2.77. The molecule has 0 unspecified atom stereocenters. The van der Waals surface area contributed by atoms with Crippen molar-refractivity contribution in [3.8, 4) is 0 Å². The summed E-state index contributed by atoms with van der Waals surface area (Å²) < 4.78 is 25.6. The zero-order valence-corrected chi connectivity index (χ0v) is 12.9. The molecular formula is C13H18ClN3O2S. The van der Waals surface area contributed by atoms with Crippen LogP contribution >= 0.6 is 11.6 Å². The van der Waals surface area contributed by atoms with E-state index in [1.165, 1.54) is 4.31 Å². The highest BCUT2D eigenvalue weighted by Gasteiger charge is 2.40. The summed E-state index contributed by atoms with van der Waals surface area (Å²) in [7, 11) is -1.35. The quantitative estimate of drug-likeness (QED) is 0.828. The molecule has 20 heavy (non-hydrogen) atoms. The zero-order chi connectivity index (χ0) is 14.3. The van der Waals surface area contributed by atoms with Gasteiger partial charge in [-0.2, -0.15) is 0 Å². The van der Waals surface area contributed by atoms with Crippen LogP contribution in [0.25, 0.3) is 0 Å². The van der Waals surface area contributed by atoms with Crippen LogP contribution in [0.15, 0.2) is 18.3 Å². The molecule has 0 spiro atoms. The minimum atomic E-state index is -3.04. The van der Waals surface area contributed by atoms with Crippen molar-refractivity contribution in [3.63, 3.8) is 0 Å². The van der Waals surface area contributed by atoms with Crippen molar-refractivity contribution in [1.82, 2.24) is 9.29 Å². The van der Waals surface area contributed by atoms with Gasteiger partial charge < -0.3 is 4.90 Å². The first-order chi connectivity index (χ1) is 9.46. The molecule has 1 aliphatic carbocycles. The maximum atomic E-state index is 12.0. The van der Waals surface area contributed by atoms with E-state index in [2.05, 4.69) is 9.88 Å². The molecule has 3 rings (SSSR count). The Balaban J connectivity index is 1.52. The Bertz CT molecular complexity index is 580. The van der Waals surface area contributed by atoms with E-state index in [1.807, 2.05) is 12.1 Å². The number of pyridine rings is 1. The topological polar surface area (TPSA) is 53.5 Å². The minimum absolute atomic E-state index is 0.124. The summed E-state index contributed by atoms with van der Waals surface area (Å²) >= 11 is 5.81. The van der Waals surface area contributed by atoms with Crippen molar-refractivity contribution in [2.24, 2.45) is 5.92 Å². The van der Waals surface area contributed by atoms with Gasteiger partial charge in [0.25, 0.3) is 0 Å². The number of aromatic nitrogens is 1. The van der Waals surface area contributed by atoms with E-state index >= 15 is 0 Å². The summed E-state index contributed by atoms with van der Waals surface area (Å²) in [5.74, 6) is 1.28. The van der Waals surface area contributed by atoms with Gasteiger partial charge in [-0.3, -0.25) is 0 Å². The highest BCUT2D eigenvalue weighted by atomic mass is 35.5. The highest BCUT2D eigenvalue weighted by molar-refractivity contribution is 7.90. The second-order valence-corrected chi connectivity index (χ2v) is 8.39. The van der Waals surface area contributed by atoms with Crippen LogP contribution < -0.4 is 4.90 Å². The molecule has 7 heteroatoms. The zero-order valence-electron chi connectivity index (χ0n) is 11.4. The van der Waals surface area contributed by atoms with Crippen LogP contribution in [0.5, 0.6) is 0 Å². The number of halogens is 1. The molecule has 1 aromatic rings. The summed E-state index contributed by atoms with van der Waals surface area (Å²) in [4.78, 5) is 6.40. The first-order valence-corrected chi connectivity index (χ1v) is 8.66. The van der Waals surface area contributed by atoms with E-state index in [0.717, 1.165) is 31.7 Å². The minimum Gasteiger partial charge on any atom is -0.356 e. The standard InChI is InChI=1S/C13H18ClN3O2S/c1-16(20(18,19)12-3-4-12)7-10-8-17(9-10)13-5-2-11(14)6-15-13/h2,5-6,10,12H,3-4,7-9H2,1H3. The molecule has 1 aromatic heterocycles. The number of hydrogen-bond donors (Lipinski definition) is 0. The number of rotatable bonds is 5. The van der Waals surface area contributed by atoms with Crippen molar-refractivity contribution in [1.29, 1.82) is 0 Å². The van der Waals surface area contributed by atoms with Crippen molar-refractivity contribution < 1.29 is 8.42 Å². The van der Waals surface area contributed by atoms with Gasteiger partial charge in [-0.25, -0.2) is 17.7 Å². The fraction of sp³-hybridized carbons (Fsp3) is 0.615. The molecule has 5 nitrogen and oxygen atoms in total. The summed E-state index contributed by atoms with van der Waals surface area (Å²) in [5.41, 5.74) is 0. The molecule has 2 fully saturated rings. The van der Waals surface area contributed by atoms with E-state index in [1.54, 1.807) is 13.2 Å². The Morgan fingerprint density at radius 1 is 1.40 bits per heavy atom. The van der Waals surface area contributed by atoms with Crippen LogP contribution in [0.1, 0.15) is 12.8 Å². The van der Waals surface area contributed by atoms with E-state index in [0.29, 0.717) is 17.5 Å². The number of anilines is 1. The second kappa shape index (κ2) is 5.16. The van der Waals surface area contributed by atoms with E-state index in [-0.39, 0.29) is 5.25 Å². The molecule has 2 aliphatic rings. The predicted molar refractivity (Wildman–Crippen MR) is 79.5 cm³/mol. The molecule has 0 aromatic carbocycles. The monoisotopic (exact) mass is 315 g/mol. The highest BCUT2D eigenvalue weighted by Crippen LogP contribution is 2.31. The lowest BCUT2D eigenvalue weighted by atomic mass is 10.0. The lowest BCUT2D eigenvalue weighted by Gasteiger charge is -2.41. The van der Waals surface area contributed by atoms with Gasteiger partial charge in [-0.05, 0) is 25.0 Å². The smallest absolute Gasteiger partial charge is 0.216 e. The third-order valence-electron chi connectivity index (χ3n) is 3.89. The number of hydrogen-bond acceptors (Lipinski definition) is 4. The van der Waals surface area contributed by atoms with E-state index in [4.69, 9.17) is 11.6 Å². The Labute approximate surface area is 124 Å². The van der Waals surface area contributed by atoms with Gasteiger partial charge in [0.15, 0.2) is 0 Å². The molecule has 1 saturated carbocycles. The number of nitrogens with zero attached hydrogens (tertiary/aromatic N) is 3. The van der Waals surface area contributed by atoms with Crippen molar-refractivity contribution in [2.45, 2.75) is 18.1 Å². The fourth-order valence-electron chi connectivity index (χ4n) is 2.52. The summed E-state index contributed by atoms with van der Waals surface area (Å²) in [6.45, 7) is 2.29. The largest absolute Gasteiger partial charge is 0.356 e. The maximum Gasteiger partial charge on any atom is 0.216 e. The summed E-state index contributed by atoms with van der Waals surface area (Å²) in [6, 6.07) is 3.71. The molecule has 0 amide bonds. The van der Waals surface area contributed by atoms with Gasteiger partial charge in [-0.15, -0.1) is 0 Å². The molecule has 0 radical (unpaired) electrons. The van der Waals surface area contributed by atoms with E-state index < -0.39 is 10.0 Å². The lowest BCUT2D eigenvalue weighted by molar-refractivity contribution is 0.325. The first kappa shape index (κ1) is 14.1. The molecule has 1 saturated heterocycles. The average molecular weight is 316 g/mol. The van der Waals surface area contributed by atoms with Gasteiger partial charge >= 0.3 is 0 Å². The molecule has 0 atom stereocenters. The number of sulfonamides is 1. The molecule has 0 bridgehead atoms. The summed E-state index contributed by atoms with van der Waals surface area (Å²) in [6.07, 6.45) is 3.27. The van der Waals surface area contributed by atoms with Gasteiger partial charge in [0.2, 0.25) is 10.0 Å². The molecule has 1 aliphatic heterocycles. The molecule has 110 valence electrons. The average Bonchev–Trinajstić information content (AvgIpc) is 3.18. The Kier molecular flexibility index (Phi) is 3.64. The van der Waals surface area contributed by atoms with Gasteiger partial charge in [0, 0.05) is 38.8 Å². The third-order valence-corrected chi connectivity index (χ3v) is 6.44. The van der Waals surface area contributed by atoms with Crippen molar-refractivity contribution >= 4 is 27.4 Å². The van der Waals surface area contributed by atoms with Gasteiger partial charge in [-0.1, -0.05) is 11.6 Å². The van der Waals surface area contributed by atoms with Gasteiger partial charge in [0.1, 0.15) is 5.82 Å². The molecule has 0 N–H and O–H groups in total. The van der Waals surface area contributed by atoms with Crippen LogP contribution in [0.2, 0.25) is 5.02 Å². The van der Waals surface area contributed by atoms with Crippen LogP contribution in [0, 0.1) is 5.92 Å². The van der Waals surface area contributed by atoms with Gasteiger partial charge in [0.05, 0.1) is 10.3 Å². The second-order valence-electron chi connectivity index (χ2n) is 5.63. The molecule has 2 heterocycles. The Hall–Kier alpha value is -0.850. The Morgan fingerprint density at radius 3 is 2.65 bits per heavy atom. The van der Waals surface area contributed by atoms with Crippen LogP contribution in [0.4, 0.5) is 5.82 Å². The first-order valence-electron chi connectivity index (χ1n) is 6.78. The van der Waals surface area contributed by atoms with Crippen molar-refractivity contribution in [2.75, 3.05) is 31.6 Å². The SMILES string of the molecule is CN(CC1CN(c2ccc(Cl)cn2)C1)S(=O)(=O)C1CC1. The normalized spacial score (nSPS) is 20.2.